The summed E-state index contributed by atoms with van der Waals surface area (Å²) in [6.45, 7) is 0. The van der Waals surface area contributed by atoms with Gasteiger partial charge in [0.15, 0.2) is 0 Å². The van der Waals surface area contributed by atoms with E-state index in [0.29, 0.717) is 5.69 Å². The molecule has 2 rings (SSSR count). The van der Waals surface area contributed by atoms with Gasteiger partial charge in [-0.15, -0.1) is 0 Å². The molecule has 0 aliphatic heterocycles. The van der Waals surface area contributed by atoms with Crippen LogP contribution in [0.5, 0.6) is 0 Å². The molecular formula is C10H8ClNO2S2. The van der Waals surface area contributed by atoms with Crippen molar-refractivity contribution in [3.8, 4) is 0 Å². The maximum absolute atomic E-state index is 11.9. The fourth-order valence-electron chi connectivity index (χ4n) is 1.20. The van der Waals surface area contributed by atoms with E-state index >= 15 is 0 Å². The number of benzene rings is 1. The van der Waals surface area contributed by atoms with Crippen molar-refractivity contribution in [3.63, 3.8) is 0 Å². The van der Waals surface area contributed by atoms with Crippen LogP contribution in [0.1, 0.15) is 0 Å². The van der Waals surface area contributed by atoms with Crippen molar-refractivity contribution in [1.82, 2.24) is 0 Å². The summed E-state index contributed by atoms with van der Waals surface area (Å²) >= 11 is 7.25. The fourth-order valence-corrected chi connectivity index (χ4v) is 3.43. The van der Waals surface area contributed by atoms with E-state index in [1.54, 1.807) is 35.0 Å². The first-order chi connectivity index (χ1) is 7.59. The quantitative estimate of drug-likeness (QED) is 0.933. The van der Waals surface area contributed by atoms with Gasteiger partial charge in [-0.2, -0.15) is 11.3 Å². The maximum atomic E-state index is 11.9. The molecule has 0 amide bonds. The van der Waals surface area contributed by atoms with Crippen molar-refractivity contribution in [1.29, 1.82) is 0 Å². The molecule has 84 valence electrons. The fraction of sp³-hybridized carbons (Fsp3) is 0. The van der Waals surface area contributed by atoms with Gasteiger partial charge < -0.3 is 0 Å². The molecule has 0 saturated carbocycles. The number of nitrogens with one attached hydrogen (secondary N) is 1. The first kappa shape index (κ1) is 11.4. The zero-order valence-electron chi connectivity index (χ0n) is 8.05. The monoisotopic (exact) mass is 273 g/mol. The van der Waals surface area contributed by atoms with Crippen LogP contribution in [-0.2, 0) is 10.0 Å². The lowest BCUT2D eigenvalue weighted by atomic mass is 10.4. The molecule has 1 aromatic carbocycles. The molecular weight excluding hydrogens is 266 g/mol. The molecule has 1 heterocycles. The third kappa shape index (κ3) is 2.37. The van der Waals surface area contributed by atoms with Gasteiger partial charge in [-0.25, -0.2) is 8.42 Å². The average molecular weight is 274 g/mol. The Hall–Kier alpha value is -1.04. The summed E-state index contributed by atoms with van der Waals surface area (Å²) < 4.78 is 26.3. The highest BCUT2D eigenvalue weighted by Gasteiger charge is 2.17. The summed E-state index contributed by atoms with van der Waals surface area (Å²) in [5, 5.41) is 3.73. The van der Waals surface area contributed by atoms with E-state index in [9.17, 15) is 8.42 Å². The summed E-state index contributed by atoms with van der Waals surface area (Å²) in [5.41, 5.74) is 0.546. The molecule has 6 heteroatoms. The first-order valence-electron chi connectivity index (χ1n) is 4.39. The zero-order chi connectivity index (χ0) is 11.6. The van der Waals surface area contributed by atoms with Gasteiger partial charge in [0.25, 0.3) is 10.0 Å². The van der Waals surface area contributed by atoms with Crippen LogP contribution in [-0.4, -0.2) is 8.42 Å². The Morgan fingerprint density at radius 1 is 1.19 bits per heavy atom. The Morgan fingerprint density at radius 3 is 2.56 bits per heavy atom. The minimum Gasteiger partial charge on any atom is -0.279 e. The molecule has 0 radical (unpaired) electrons. The van der Waals surface area contributed by atoms with Crippen molar-refractivity contribution in [2.45, 2.75) is 4.90 Å². The summed E-state index contributed by atoms with van der Waals surface area (Å²) in [4.78, 5) is 0.0860. The molecule has 3 nitrogen and oxygen atoms in total. The normalized spacial score (nSPS) is 11.3. The average Bonchev–Trinajstić information content (AvgIpc) is 2.70. The molecule has 0 bridgehead atoms. The topological polar surface area (TPSA) is 46.2 Å². The highest BCUT2D eigenvalue weighted by atomic mass is 35.5. The highest BCUT2D eigenvalue weighted by molar-refractivity contribution is 7.92. The zero-order valence-corrected chi connectivity index (χ0v) is 10.4. The summed E-state index contributed by atoms with van der Waals surface area (Å²) in [5.74, 6) is 0. The van der Waals surface area contributed by atoms with Crippen molar-refractivity contribution in [3.05, 3.63) is 46.1 Å². The van der Waals surface area contributed by atoms with E-state index in [1.165, 1.54) is 17.4 Å². The lowest BCUT2D eigenvalue weighted by Gasteiger charge is -2.07. The first-order valence-corrected chi connectivity index (χ1v) is 7.19. The van der Waals surface area contributed by atoms with Crippen LogP contribution >= 0.6 is 22.9 Å². The molecule has 0 atom stereocenters. The molecule has 0 aliphatic rings. The van der Waals surface area contributed by atoms with Crippen LogP contribution in [0.25, 0.3) is 0 Å². The second-order valence-corrected chi connectivity index (χ2v) is 5.89. The van der Waals surface area contributed by atoms with E-state index in [-0.39, 0.29) is 9.92 Å². The van der Waals surface area contributed by atoms with Crippen molar-refractivity contribution in [2.24, 2.45) is 0 Å². The molecule has 0 saturated heterocycles. The van der Waals surface area contributed by atoms with Crippen LogP contribution in [0.4, 0.5) is 5.69 Å². The van der Waals surface area contributed by atoms with Crippen LogP contribution < -0.4 is 4.72 Å². The molecule has 16 heavy (non-hydrogen) atoms. The smallest absolute Gasteiger partial charge is 0.263 e. The standard InChI is InChI=1S/C10H8ClNO2S2/c11-9-3-1-2-4-10(9)16(13,14)12-8-5-6-15-7-8/h1-7,12H. The third-order valence-electron chi connectivity index (χ3n) is 1.90. The predicted molar refractivity (Wildman–Crippen MR) is 66.6 cm³/mol. The molecule has 0 aliphatic carbocycles. The van der Waals surface area contributed by atoms with E-state index in [1.807, 2.05) is 0 Å². The Kier molecular flexibility index (Phi) is 3.18. The molecule has 1 N–H and O–H groups in total. The van der Waals surface area contributed by atoms with Crippen LogP contribution in [0.15, 0.2) is 46.0 Å². The second kappa shape index (κ2) is 4.45. The number of hydrogen-bond acceptors (Lipinski definition) is 3. The largest absolute Gasteiger partial charge is 0.279 e. The number of hydrogen-bond donors (Lipinski definition) is 1. The lowest BCUT2D eigenvalue weighted by Crippen LogP contribution is -2.12. The van der Waals surface area contributed by atoms with Gasteiger partial charge in [-0.05, 0) is 23.6 Å². The number of anilines is 1. The van der Waals surface area contributed by atoms with Gasteiger partial charge in [-0.1, -0.05) is 23.7 Å². The van der Waals surface area contributed by atoms with E-state index < -0.39 is 10.0 Å². The minimum absolute atomic E-state index is 0.0860. The van der Waals surface area contributed by atoms with Gasteiger partial charge in [0.05, 0.1) is 10.7 Å². The van der Waals surface area contributed by atoms with Crippen LogP contribution in [0.2, 0.25) is 5.02 Å². The number of sulfonamides is 1. The van der Waals surface area contributed by atoms with Crippen molar-refractivity contribution < 1.29 is 8.42 Å². The van der Waals surface area contributed by atoms with Crippen molar-refractivity contribution in [2.75, 3.05) is 4.72 Å². The lowest BCUT2D eigenvalue weighted by molar-refractivity contribution is 0.601. The van der Waals surface area contributed by atoms with Gasteiger partial charge in [-0.3, -0.25) is 4.72 Å². The Bertz CT molecular complexity index is 579. The summed E-state index contributed by atoms with van der Waals surface area (Å²) in [6.07, 6.45) is 0. The Balaban J connectivity index is 2.37. The Morgan fingerprint density at radius 2 is 1.94 bits per heavy atom. The van der Waals surface area contributed by atoms with Crippen LogP contribution in [0, 0.1) is 0 Å². The summed E-state index contributed by atoms with van der Waals surface area (Å²) in [6, 6.07) is 8.03. The number of halogens is 1. The SMILES string of the molecule is O=S(=O)(Nc1ccsc1)c1ccccc1Cl. The predicted octanol–water partition coefficient (Wildman–Crippen LogP) is 3.20. The molecule has 0 fully saturated rings. The maximum Gasteiger partial charge on any atom is 0.263 e. The van der Waals surface area contributed by atoms with E-state index in [4.69, 9.17) is 11.6 Å². The minimum atomic E-state index is -3.59. The third-order valence-corrected chi connectivity index (χ3v) is 4.46. The van der Waals surface area contributed by atoms with Gasteiger partial charge in [0.2, 0.25) is 0 Å². The van der Waals surface area contributed by atoms with E-state index in [0.717, 1.165) is 0 Å². The summed E-state index contributed by atoms with van der Waals surface area (Å²) in [7, 11) is -3.59. The van der Waals surface area contributed by atoms with Crippen molar-refractivity contribution >= 4 is 38.6 Å². The number of rotatable bonds is 3. The van der Waals surface area contributed by atoms with Gasteiger partial charge in [0.1, 0.15) is 4.90 Å². The molecule has 2 aromatic rings. The molecule has 1 aromatic heterocycles. The molecule has 0 spiro atoms. The van der Waals surface area contributed by atoms with Gasteiger partial charge >= 0.3 is 0 Å². The van der Waals surface area contributed by atoms with E-state index in [2.05, 4.69) is 4.72 Å². The molecule has 0 unspecified atom stereocenters. The number of thiophene rings is 1. The van der Waals surface area contributed by atoms with Crippen LogP contribution in [0.3, 0.4) is 0 Å². The Labute approximate surface area is 103 Å². The van der Waals surface area contributed by atoms with Gasteiger partial charge in [0, 0.05) is 5.38 Å². The highest BCUT2D eigenvalue weighted by Crippen LogP contribution is 2.23. The second-order valence-electron chi connectivity index (χ2n) is 3.05.